The number of imidazole rings is 1. The summed E-state index contributed by atoms with van der Waals surface area (Å²) in [6.45, 7) is 3.80. The minimum absolute atomic E-state index is 0.596. The zero-order valence-electron chi connectivity index (χ0n) is 31.7. The second-order valence-electron chi connectivity index (χ2n) is 14.1. The van der Waals surface area contributed by atoms with Gasteiger partial charge in [-0.2, -0.15) is 5.26 Å². The number of fused-ring (bicyclic) bond motifs is 1. The van der Waals surface area contributed by atoms with Crippen molar-refractivity contribution >= 4 is 29.3 Å². The van der Waals surface area contributed by atoms with E-state index < -0.39 is 0 Å². The van der Waals surface area contributed by atoms with Gasteiger partial charge in [-0.15, -0.1) is 0 Å². The zero-order valence-corrected chi connectivity index (χ0v) is 31.7. The lowest BCUT2D eigenvalue weighted by atomic mass is 9.87. The van der Waals surface area contributed by atoms with Gasteiger partial charge in [0.15, 0.2) is 5.84 Å². The van der Waals surface area contributed by atoms with Gasteiger partial charge in [0, 0.05) is 16.8 Å². The molecule has 0 unspecified atom stereocenters. The summed E-state index contributed by atoms with van der Waals surface area (Å²) in [5.74, 6) is 1.50. The minimum atomic E-state index is 0.596. The average molecular weight is 744 g/mol. The maximum absolute atomic E-state index is 9.54. The number of amidine groups is 1. The molecule has 9 rings (SSSR count). The van der Waals surface area contributed by atoms with Crippen LogP contribution in [0.25, 0.3) is 61.5 Å². The second kappa shape index (κ2) is 16.0. The van der Waals surface area contributed by atoms with Gasteiger partial charge < -0.3 is 0 Å². The fourth-order valence-corrected chi connectivity index (χ4v) is 7.60. The molecule has 0 saturated carbocycles. The van der Waals surface area contributed by atoms with Gasteiger partial charge >= 0.3 is 0 Å². The summed E-state index contributed by atoms with van der Waals surface area (Å²) in [5, 5.41) is 9.54. The van der Waals surface area contributed by atoms with Crippen LogP contribution in [-0.2, 0) is 6.42 Å². The standard InChI is InChI=1S/C53H37N5/c1-55-52(42-13-4-2-5-14-42)56-48-20-9-8-17-44(48)35-37-23-29-41(30-24-37)51-46(39-27-25-38(36-54)26-28-39)18-12-19-47(51)40-31-33-45(34-32-40)58-50-22-11-10-21-49(50)57-53(58)43-15-6-3-7-16-43/h2-34H,1,35H2/b56-52-. The number of benzene rings is 8. The van der Waals surface area contributed by atoms with E-state index in [1.807, 2.05) is 91.0 Å². The molecule has 0 fully saturated rings. The minimum Gasteiger partial charge on any atom is -0.292 e. The quantitative estimate of drug-likeness (QED) is 0.109. The Bertz CT molecular complexity index is 2950. The predicted octanol–water partition coefficient (Wildman–Crippen LogP) is 12.9. The van der Waals surface area contributed by atoms with Crippen molar-refractivity contribution in [1.82, 2.24) is 9.55 Å². The lowest BCUT2D eigenvalue weighted by Gasteiger charge is -2.18. The van der Waals surface area contributed by atoms with Crippen molar-refractivity contribution in [3.63, 3.8) is 0 Å². The summed E-state index contributed by atoms with van der Waals surface area (Å²) in [6, 6.07) is 70.9. The van der Waals surface area contributed by atoms with Crippen molar-refractivity contribution < 1.29 is 0 Å². The summed E-state index contributed by atoms with van der Waals surface area (Å²) < 4.78 is 2.24. The van der Waals surface area contributed by atoms with Crippen molar-refractivity contribution in [1.29, 1.82) is 5.26 Å². The van der Waals surface area contributed by atoms with E-state index in [1.165, 1.54) is 5.56 Å². The maximum atomic E-state index is 9.54. The van der Waals surface area contributed by atoms with E-state index in [0.717, 1.165) is 78.3 Å². The molecule has 274 valence electrons. The van der Waals surface area contributed by atoms with Crippen LogP contribution < -0.4 is 0 Å². The van der Waals surface area contributed by atoms with Gasteiger partial charge in [0.1, 0.15) is 5.82 Å². The van der Waals surface area contributed by atoms with Gasteiger partial charge in [0.25, 0.3) is 0 Å². The van der Waals surface area contributed by atoms with Crippen LogP contribution in [0, 0.1) is 11.3 Å². The molecule has 1 heterocycles. The Morgan fingerprint density at radius 3 is 1.86 bits per heavy atom. The molecule has 0 N–H and O–H groups in total. The van der Waals surface area contributed by atoms with Crippen LogP contribution in [0.5, 0.6) is 0 Å². The van der Waals surface area contributed by atoms with Crippen LogP contribution in [0.3, 0.4) is 0 Å². The molecule has 8 aromatic carbocycles. The van der Waals surface area contributed by atoms with E-state index in [4.69, 9.17) is 9.98 Å². The molecule has 58 heavy (non-hydrogen) atoms. The molecule has 0 amide bonds. The molecular formula is C53H37N5. The predicted molar refractivity (Wildman–Crippen MR) is 239 cm³/mol. The first-order valence-corrected chi connectivity index (χ1v) is 19.2. The summed E-state index contributed by atoms with van der Waals surface area (Å²) in [7, 11) is 0. The molecule has 0 radical (unpaired) electrons. The molecule has 0 aliphatic carbocycles. The largest absolute Gasteiger partial charge is 0.292 e. The van der Waals surface area contributed by atoms with Crippen LogP contribution in [0.2, 0.25) is 0 Å². The highest BCUT2D eigenvalue weighted by molar-refractivity contribution is 6.03. The lowest BCUT2D eigenvalue weighted by molar-refractivity contribution is 1.10. The Morgan fingerprint density at radius 1 is 0.569 bits per heavy atom. The summed E-state index contributed by atoms with van der Waals surface area (Å²) in [6.07, 6.45) is 0.707. The third-order valence-corrected chi connectivity index (χ3v) is 10.5. The maximum Gasteiger partial charge on any atom is 0.159 e. The van der Waals surface area contributed by atoms with Gasteiger partial charge in [-0.05, 0) is 100 Å². The van der Waals surface area contributed by atoms with Crippen molar-refractivity contribution in [3.8, 4) is 56.5 Å². The van der Waals surface area contributed by atoms with E-state index in [9.17, 15) is 5.26 Å². The highest BCUT2D eigenvalue weighted by atomic mass is 15.1. The van der Waals surface area contributed by atoms with Crippen LogP contribution in [-0.4, -0.2) is 22.1 Å². The molecule has 9 aromatic rings. The summed E-state index contributed by atoms with van der Waals surface area (Å²) >= 11 is 0. The number of nitriles is 1. The van der Waals surface area contributed by atoms with Crippen molar-refractivity contribution in [2.24, 2.45) is 9.98 Å². The molecule has 0 aliphatic rings. The van der Waals surface area contributed by atoms with Gasteiger partial charge in [0.2, 0.25) is 0 Å². The molecule has 0 aliphatic heterocycles. The lowest BCUT2D eigenvalue weighted by Crippen LogP contribution is -1.98. The van der Waals surface area contributed by atoms with Gasteiger partial charge in [-0.25, -0.2) is 15.0 Å². The Hall–Kier alpha value is -7.94. The fraction of sp³-hybridized carbons (Fsp3) is 0.0189. The number of aliphatic imine (C=N–C) groups is 2. The Labute approximate surface area is 338 Å². The topological polar surface area (TPSA) is 66.3 Å². The summed E-state index contributed by atoms with van der Waals surface area (Å²) in [5.41, 5.74) is 15.4. The number of para-hydroxylation sites is 3. The highest BCUT2D eigenvalue weighted by Gasteiger charge is 2.17. The molecule has 5 nitrogen and oxygen atoms in total. The zero-order chi connectivity index (χ0) is 39.3. The van der Waals surface area contributed by atoms with E-state index in [0.29, 0.717) is 17.8 Å². The van der Waals surface area contributed by atoms with Crippen LogP contribution in [0.4, 0.5) is 5.69 Å². The highest BCUT2D eigenvalue weighted by Crippen LogP contribution is 2.41. The van der Waals surface area contributed by atoms with Gasteiger partial charge in [-0.3, -0.25) is 4.57 Å². The number of nitrogens with zero attached hydrogens (tertiary/aromatic N) is 5. The summed E-state index contributed by atoms with van der Waals surface area (Å²) in [4.78, 5) is 14.2. The SMILES string of the molecule is C=N/C(=N\c1ccccc1Cc1ccc(-c2c(-c3ccc(C#N)cc3)cccc2-c2ccc(-n3c(-c4ccccc4)nc4ccccc43)cc2)cc1)c1ccccc1. The van der Waals surface area contributed by atoms with E-state index in [-0.39, 0.29) is 0 Å². The smallest absolute Gasteiger partial charge is 0.159 e. The van der Waals surface area contributed by atoms with Crippen molar-refractivity contribution in [2.45, 2.75) is 6.42 Å². The van der Waals surface area contributed by atoms with Crippen molar-refractivity contribution in [2.75, 3.05) is 0 Å². The van der Waals surface area contributed by atoms with Crippen LogP contribution >= 0.6 is 0 Å². The molecule has 0 saturated heterocycles. The second-order valence-corrected chi connectivity index (χ2v) is 14.1. The number of hydrogen-bond acceptors (Lipinski definition) is 3. The average Bonchev–Trinajstić information content (AvgIpc) is 3.69. The first kappa shape index (κ1) is 35.7. The molecule has 0 bridgehead atoms. The van der Waals surface area contributed by atoms with E-state index in [1.54, 1.807) is 0 Å². The van der Waals surface area contributed by atoms with Crippen LogP contribution in [0.15, 0.2) is 210 Å². The molecule has 1 aromatic heterocycles. The Kier molecular flexibility index (Phi) is 9.88. The number of rotatable bonds is 9. The Morgan fingerprint density at radius 2 is 1.17 bits per heavy atom. The van der Waals surface area contributed by atoms with Gasteiger partial charge in [-0.1, -0.05) is 158 Å². The monoisotopic (exact) mass is 743 g/mol. The molecule has 5 heteroatoms. The normalized spacial score (nSPS) is 11.3. The van der Waals surface area contributed by atoms with E-state index >= 15 is 0 Å². The Balaban J connectivity index is 1.10. The van der Waals surface area contributed by atoms with E-state index in [2.05, 4.69) is 132 Å². The number of aromatic nitrogens is 2. The first-order valence-electron chi connectivity index (χ1n) is 19.2. The molecule has 0 atom stereocenters. The molecule has 0 spiro atoms. The first-order chi connectivity index (χ1) is 28.7. The third kappa shape index (κ3) is 7.14. The fourth-order valence-electron chi connectivity index (χ4n) is 7.60. The van der Waals surface area contributed by atoms with Crippen LogP contribution in [0.1, 0.15) is 22.3 Å². The van der Waals surface area contributed by atoms with Gasteiger partial charge in [0.05, 0.1) is 28.4 Å². The number of hydrogen-bond donors (Lipinski definition) is 0. The third-order valence-electron chi connectivity index (χ3n) is 10.5. The molecular weight excluding hydrogens is 707 g/mol. The van der Waals surface area contributed by atoms with Crippen molar-refractivity contribution in [3.05, 3.63) is 222 Å².